The SMILES string of the molecule is O=S(=O)([O-])c1ccccc1O.O=S(=O)([O-])c1ccccc1O.[Mn+2]. The molecular weight excluding hydrogens is 391 g/mol. The van der Waals surface area contributed by atoms with Gasteiger partial charge in [0.25, 0.3) is 0 Å². The molecule has 0 fully saturated rings. The molecule has 0 spiro atoms. The Balaban J connectivity index is 0.000000403. The Labute approximate surface area is 143 Å². The molecule has 2 rings (SSSR count). The van der Waals surface area contributed by atoms with Crippen LogP contribution in [0.15, 0.2) is 58.3 Å². The first-order chi connectivity index (χ1) is 10.0. The van der Waals surface area contributed by atoms with Crippen molar-refractivity contribution in [3.63, 3.8) is 0 Å². The third kappa shape index (κ3) is 6.57. The van der Waals surface area contributed by atoms with Crippen molar-refractivity contribution in [2.45, 2.75) is 9.79 Å². The molecule has 0 atom stereocenters. The van der Waals surface area contributed by atoms with Crippen molar-refractivity contribution in [1.29, 1.82) is 0 Å². The van der Waals surface area contributed by atoms with E-state index in [1.54, 1.807) is 0 Å². The van der Waals surface area contributed by atoms with Gasteiger partial charge in [-0.05, 0) is 24.3 Å². The first-order valence-corrected chi connectivity index (χ1v) is 8.33. The van der Waals surface area contributed by atoms with E-state index < -0.39 is 41.5 Å². The summed E-state index contributed by atoms with van der Waals surface area (Å²) >= 11 is 0. The molecule has 0 amide bonds. The van der Waals surface area contributed by atoms with E-state index in [4.69, 9.17) is 10.2 Å². The first kappa shape index (κ1) is 21.4. The van der Waals surface area contributed by atoms with Gasteiger partial charge in [0.15, 0.2) is 0 Å². The number of phenols is 2. The fourth-order valence-corrected chi connectivity index (χ4v) is 2.48. The van der Waals surface area contributed by atoms with Crippen LogP contribution in [0.1, 0.15) is 0 Å². The molecule has 0 saturated carbocycles. The van der Waals surface area contributed by atoms with Crippen molar-refractivity contribution in [3.8, 4) is 11.5 Å². The smallest absolute Gasteiger partial charge is 0.744 e. The molecule has 0 bridgehead atoms. The van der Waals surface area contributed by atoms with Crippen LogP contribution in [0.25, 0.3) is 0 Å². The Morgan fingerprint density at radius 3 is 1.09 bits per heavy atom. The summed E-state index contributed by atoms with van der Waals surface area (Å²) in [5, 5.41) is 17.7. The van der Waals surface area contributed by atoms with Crippen LogP contribution in [-0.4, -0.2) is 36.2 Å². The van der Waals surface area contributed by atoms with E-state index in [0.717, 1.165) is 24.3 Å². The summed E-state index contributed by atoms with van der Waals surface area (Å²) in [5.41, 5.74) is 0. The minimum atomic E-state index is -4.53. The predicted molar refractivity (Wildman–Crippen MR) is 72.1 cm³/mol. The molecule has 2 aromatic carbocycles. The first-order valence-electron chi connectivity index (χ1n) is 5.51. The minimum Gasteiger partial charge on any atom is -0.744 e. The summed E-state index contributed by atoms with van der Waals surface area (Å²) in [6.07, 6.45) is 0. The van der Waals surface area contributed by atoms with Crippen LogP contribution in [0.4, 0.5) is 0 Å². The number of benzene rings is 2. The summed E-state index contributed by atoms with van der Waals surface area (Å²) in [5.74, 6) is -1.02. The van der Waals surface area contributed by atoms with Crippen molar-refractivity contribution in [3.05, 3.63) is 48.5 Å². The average Bonchev–Trinajstić information content (AvgIpc) is 2.37. The minimum absolute atomic E-state index is 0. The zero-order chi connectivity index (χ0) is 17.0. The standard InChI is InChI=1S/2C6H6O4S.Mn/c2*7-5-3-1-2-4-6(5)11(8,9)10;/h2*1-4,7H,(H,8,9,10);/q;;+2/p-2. The van der Waals surface area contributed by atoms with Crippen LogP contribution in [-0.2, 0) is 37.3 Å². The van der Waals surface area contributed by atoms with E-state index in [0.29, 0.717) is 0 Å². The maximum atomic E-state index is 10.3. The molecule has 0 unspecified atom stereocenters. The van der Waals surface area contributed by atoms with Crippen LogP contribution in [0.5, 0.6) is 11.5 Å². The van der Waals surface area contributed by atoms with Gasteiger partial charge in [0.2, 0.25) is 0 Å². The van der Waals surface area contributed by atoms with Crippen molar-refractivity contribution < 1.29 is 53.2 Å². The summed E-state index contributed by atoms with van der Waals surface area (Å²) in [4.78, 5) is -1.17. The number of para-hydroxylation sites is 2. The van der Waals surface area contributed by atoms with Crippen molar-refractivity contribution in [1.82, 2.24) is 0 Å². The summed E-state index contributed by atoms with van der Waals surface area (Å²) in [6.45, 7) is 0. The Hall–Kier alpha value is -1.62. The van der Waals surface area contributed by atoms with E-state index in [-0.39, 0.29) is 17.1 Å². The van der Waals surface area contributed by atoms with Gasteiger partial charge in [0.1, 0.15) is 31.7 Å². The molecule has 8 nitrogen and oxygen atoms in total. The van der Waals surface area contributed by atoms with Crippen LogP contribution in [0.3, 0.4) is 0 Å². The van der Waals surface area contributed by atoms with E-state index >= 15 is 0 Å². The second-order valence-electron chi connectivity index (χ2n) is 3.84. The molecule has 0 aromatic heterocycles. The third-order valence-electron chi connectivity index (χ3n) is 2.27. The van der Waals surface area contributed by atoms with Gasteiger partial charge in [-0.1, -0.05) is 24.3 Å². The molecule has 23 heavy (non-hydrogen) atoms. The molecule has 0 aliphatic rings. The van der Waals surface area contributed by atoms with Gasteiger partial charge in [0.05, 0.1) is 9.79 Å². The molecule has 1 radical (unpaired) electrons. The molecular formula is C12H10MnO8S2. The molecule has 0 aliphatic heterocycles. The molecule has 125 valence electrons. The number of hydrogen-bond acceptors (Lipinski definition) is 8. The Morgan fingerprint density at radius 2 is 0.913 bits per heavy atom. The molecule has 2 N–H and O–H groups in total. The Bertz CT molecular complexity index is 789. The number of aromatic hydroxyl groups is 2. The van der Waals surface area contributed by atoms with Gasteiger partial charge in [-0.15, -0.1) is 0 Å². The fourth-order valence-electron chi connectivity index (χ4n) is 1.34. The van der Waals surface area contributed by atoms with Crippen molar-refractivity contribution in [2.75, 3.05) is 0 Å². The van der Waals surface area contributed by atoms with Gasteiger partial charge in [-0.2, -0.15) is 0 Å². The molecule has 0 heterocycles. The monoisotopic (exact) mass is 401 g/mol. The number of rotatable bonds is 2. The number of phenolic OH excluding ortho intramolecular Hbond substituents is 2. The predicted octanol–water partition coefficient (Wildman–Crippen LogP) is 0.590. The quantitative estimate of drug-likeness (QED) is 0.547. The van der Waals surface area contributed by atoms with Crippen LogP contribution >= 0.6 is 0 Å². The zero-order valence-electron chi connectivity index (χ0n) is 11.2. The molecule has 2 aromatic rings. The second kappa shape index (κ2) is 8.29. The summed E-state index contributed by atoms with van der Waals surface area (Å²) < 4.78 is 62.0. The van der Waals surface area contributed by atoms with E-state index in [1.165, 1.54) is 24.3 Å². The normalized spacial score (nSPS) is 10.9. The van der Waals surface area contributed by atoms with Gasteiger partial charge < -0.3 is 19.3 Å². The van der Waals surface area contributed by atoms with Crippen LogP contribution < -0.4 is 0 Å². The van der Waals surface area contributed by atoms with Gasteiger partial charge in [-0.25, -0.2) is 16.8 Å². The van der Waals surface area contributed by atoms with Crippen molar-refractivity contribution in [2.24, 2.45) is 0 Å². The largest absolute Gasteiger partial charge is 2.00 e. The van der Waals surface area contributed by atoms with Gasteiger partial charge in [0, 0.05) is 0 Å². The fraction of sp³-hybridized carbons (Fsp3) is 0. The summed E-state index contributed by atoms with van der Waals surface area (Å²) in [7, 11) is -9.07. The average molecular weight is 401 g/mol. The molecule has 0 saturated heterocycles. The Morgan fingerprint density at radius 1 is 0.652 bits per heavy atom. The Kier molecular flexibility index (Phi) is 7.71. The number of hydrogen-bond donors (Lipinski definition) is 2. The van der Waals surface area contributed by atoms with Crippen molar-refractivity contribution >= 4 is 20.2 Å². The molecule has 11 heteroatoms. The van der Waals surface area contributed by atoms with Crippen LogP contribution in [0, 0.1) is 0 Å². The van der Waals surface area contributed by atoms with Crippen LogP contribution in [0.2, 0.25) is 0 Å². The maximum absolute atomic E-state index is 10.3. The zero-order valence-corrected chi connectivity index (χ0v) is 14.0. The topological polar surface area (TPSA) is 155 Å². The van der Waals surface area contributed by atoms with E-state index in [9.17, 15) is 25.9 Å². The second-order valence-corrected chi connectivity index (χ2v) is 6.54. The van der Waals surface area contributed by atoms with E-state index in [1.807, 2.05) is 0 Å². The molecule has 0 aliphatic carbocycles. The maximum Gasteiger partial charge on any atom is 2.00 e. The summed E-state index contributed by atoms with van der Waals surface area (Å²) in [6, 6.07) is 9.99. The third-order valence-corrected chi connectivity index (χ3v) is 4.04. The van der Waals surface area contributed by atoms with Gasteiger partial charge >= 0.3 is 17.1 Å². The van der Waals surface area contributed by atoms with Gasteiger partial charge in [-0.3, -0.25) is 0 Å². The van der Waals surface area contributed by atoms with E-state index in [2.05, 4.69) is 0 Å².